The van der Waals surface area contributed by atoms with Crippen LogP contribution in [0.5, 0.6) is 0 Å². The van der Waals surface area contributed by atoms with Crippen LogP contribution in [-0.4, -0.2) is 25.7 Å². The standard InChI is InChI=1S/C16H27NO2S/c1-4-19-15(18)10-6-5-7-11-17-13-16(2,3)14-9-8-12-20-14/h8-9,12,17H,4-7,10-11,13H2,1-3H3. The largest absolute Gasteiger partial charge is 0.466 e. The van der Waals surface area contributed by atoms with Crippen molar-refractivity contribution >= 4 is 17.3 Å². The molecule has 1 heterocycles. The number of ether oxygens (including phenoxy) is 1. The lowest BCUT2D eigenvalue weighted by molar-refractivity contribution is -0.143. The average Bonchev–Trinajstić information content (AvgIpc) is 2.92. The maximum atomic E-state index is 11.2. The Labute approximate surface area is 126 Å². The minimum atomic E-state index is -0.0701. The molecule has 4 heteroatoms. The van der Waals surface area contributed by atoms with Crippen molar-refractivity contribution in [3.05, 3.63) is 22.4 Å². The SMILES string of the molecule is CCOC(=O)CCCCCNCC(C)(C)c1cccs1. The van der Waals surface area contributed by atoms with Gasteiger partial charge in [0.05, 0.1) is 6.61 Å². The van der Waals surface area contributed by atoms with Crippen LogP contribution in [0.1, 0.15) is 51.3 Å². The number of carbonyl (C=O) groups excluding carboxylic acids is 1. The molecule has 0 aliphatic heterocycles. The summed E-state index contributed by atoms with van der Waals surface area (Å²) in [6, 6.07) is 4.31. The number of hydrogen-bond acceptors (Lipinski definition) is 4. The second kappa shape index (κ2) is 9.14. The van der Waals surface area contributed by atoms with Gasteiger partial charge in [0.2, 0.25) is 0 Å². The molecule has 3 nitrogen and oxygen atoms in total. The molecule has 20 heavy (non-hydrogen) atoms. The first-order chi connectivity index (χ1) is 9.56. The van der Waals surface area contributed by atoms with Crippen LogP contribution in [0.3, 0.4) is 0 Å². The van der Waals surface area contributed by atoms with Crippen molar-refractivity contribution in [3.63, 3.8) is 0 Å². The van der Waals surface area contributed by atoms with E-state index in [4.69, 9.17) is 4.74 Å². The van der Waals surface area contributed by atoms with Crippen molar-refractivity contribution in [3.8, 4) is 0 Å². The van der Waals surface area contributed by atoms with Crippen molar-refractivity contribution in [2.24, 2.45) is 0 Å². The number of thiophene rings is 1. The summed E-state index contributed by atoms with van der Waals surface area (Å²) in [5.74, 6) is -0.0701. The molecule has 0 unspecified atom stereocenters. The first-order valence-electron chi connectivity index (χ1n) is 7.46. The van der Waals surface area contributed by atoms with E-state index in [2.05, 4.69) is 36.7 Å². The van der Waals surface area contributed by atoms with Crippen molar-refractivity contribution in [1.82, 2.24) is 5.32 Å². The molecule has 0 aliphatic carbocycles. The van der Waals surface area contributed by atoms with Crippen LogP contribution in [0.2, 0.25) is 0 Å². The zero-order valence-electron chi connectivity index (χ0n) is 12.9. The lowest BCUT2D eigenvalue weighted by atomic mass is 9.91. The van der Waals surface area contributed by atoms with Crippen LogP contribution in [0.25, 0.3) is 0 Å². The summed E-state index contributed by atoms with van der Waals surface area (Å²) in [6.07, 6.45) is 3.66. The summed E-state index contributed by atoms with van der Waals surface area (Å²) >= 11 is 1.82. The highest BCUT2D eigenvalue weighted by atomic mass is 32.1. The molecule has 0 fully saturated rings. The van der Waals surface area contributed by atoms with Gasteiger partial charge in [0.15, 0.2) is 0 Å². The van der Waals surface area contributed by atoms with Crippen molar-refractivity contribution in [1.29, 1.82) is 0 Å². The molecule has 0 aromatic carbocycles. The molecule has 0 amide bonds. The van der Waals surface area contributed by atoms with E-state index in [9.17, 15) is 4.79 Å². The average molecular weight is 297 g/mol. The lowest BCUT2D eigenvalue weighted by Gasteiger charge is -2.23. The van der Waals surface area contributed by atoms with Gasteiger partial charge in [0, 0.05) is 23.3 Å². The van der Waals surface area contributed by atoms with Crippen molar-refractivity contribution in [2.45, 2.75) is 51.9 Å². The fraction of sp³-hybridized carbons (Fsp3) is 0.688. The summed E-state index contributed by atoms with van der Waals surface area (Å²) in [4.78, 5) is 12.6. The lowest BCUT2D eigenvalue weighted by Crippen LogP contribution is -2.32. The van der Waals surface area contributed by atoms with Gasteiger partial charge in [0.25, 0.3) is 0 Å². The highest BCUT2D eigenvalue weighted by Crippen LogP contribution is 2.26. The fourth-order valence-electron chi connectivity index (χ4n) is 2.08. The molecular weight excluding hydrogens is 270 g/mol. The second-order valence-electron chi connectivity index (χ2n) is 5.65. The predicted molar refractivity (Wildman–Crippen MR) is 85.3 cm³/mol. The number of rotatable bonds is 10. The number of carbonyl (C=O) groups is 1. The van der Waals surface area contributed by atoms with Gasteiger partial charge in [-0.25, -0.2) is 0 Å². The van der Waals surface area contributed by atoms with Gasteiger partial charge in [0.1, 0.15) is 0 Å². The van der Waals surface area contributed by atoms with Gasteiger partial charge in [-0.3, -0.25) is 4.79 Å². The zero-order chi connectivity index (χ0) is 14.8. The minimum absolute atomic E-state index is 0.0701. The topological polar surface area (TPSA) is 38.3 Å². The van der Waals surface area contributed by atoms with Gasteiger partial charge in [-0.2, -0.15) is 0 Å². The molecule has 0 aliphatic rings. The molecule has 0 bridgehead atoms. The van der Waals surface area contributed by atoms with E-state index in [1.54, 1.807) is 0 Å². The molecule has 0 atom stereocenters. The molecule has 1 aromatic rings. The van der Waals surface area contributed by atoms with E-state index in [0.717, 1.165) is 32.4 Å². The highest BCUT2D eigenvalue weighted by molar-refractivity contribution is 7.10. The van der Waals surface area contributed by atoms with Crippen LogP contribution in [0.4, 0.5) is 0 Å². The Morgan fingerprint density at radius 1 is 1.35 bits per heavy atom. The Balaban J connectivity index is 2.04. The first-order valence-corrected chi connectivity index (χ1v) is 8.34. The summed E-state index contributed by atoms with van der Waals surface area (Å²) in [7, 11) is 0. The van der Waals surface area contributed by atoms with E-state index < -0.39 is 0 Å². The number of nitrogens with one attached hydrogen (secondary N) is 1. The third-order valence-electron chi connectivity index (χ3n) is 3.29. The third-order valence-corrected chi connectivity index (χ3v) is 4.53. The predicted octanol–water partition coefficient (Wildman–Crippen LogP) is 3.74. The maximum absolute atomic E-state index is 11.2. The van der Waals surface area contributed by atoms with Crippen LogP contribution in [0, 0.1) is 0 Å². The molecule has 0 saturated heterocycles. The zero-order valence-corrected chi connectivity index (χ0v) is 13.7. The minimum Gasteiger partial charge on any atom is -0.466 e. The van der Waals surface area contributed by atoms with E-state index in [-0.39, 0.29) is 11.4 Å². The number of hydrogen-bond donors (Lipinski definition) is 1. The number of unbranched alkanes of at least 4 members (excludes halogenated alkanes) is 2. The van der Waals surface area contributed by atoms with E-state index in [1.165, 1.54) is 4.88 Å². The monoisotopic (exact) mass is 297 g/mol. The third kappa shape index (κ3) is 6.53. The normalized spacial score (nSPS) is 11.6. The van der Waals surface area contributed by atoms with E-state index in [1.807, 2.05) is 18.3 Å². The van der Waals surface area contributed by atoms with Gasteiger partial charge in [-0.1, -0.05) is 26.3 Å². The Bertz CT molecular complexity index is 374. The van der Waals surface area contributed by atoms with Crippen LogP contribution >= 0.6 is 11.3 Å². The molecule has 0 radical (unpaired) electrons. The van der Waals surface area contributed by atoms with Crippen LogP contribution in [0.15, 0.2) is 17.5 Å². The molecule has 0 saturated carbocycles. The number of esters is 1. The first kappa shape index (κ1) is 17.2. The van der Waals surface area contributed by atoms with Crippen LogP contribution < -0.4 is 5.32 Å². The molecule has 1 rings (SSSR count). The fourth-order valence-corrected chi connectivity index (χ4v) is 2.93. The molecule has 1 aromatic heterocycles. The Hall–Kier alpha value is -0.870. The Kier molecular flexibility index (Phi) is 7.85. The summed E-state index contributed by atoms with van der Waals surface area (Å²) in [5.41, 5.74) is 0.194. The summed E-state index contributed by atoms with van der Waals surface area (Å²) in [6.45, 7) is 8.87. The Morgan fingerprint density at radius 2 is 2.15 bits per heavy atom. The molecule has 114 valence electrons. The smallest absolute Gasteiger partial charge is 0.305 e. The van der Waals surface area contributed by atoms with Crippen molar-refractivity contribution in [2.75, 3.05) is 19.7 Å². The second-order valence-corrected chi connectivity index (χ2v) is 6.60. The highest BCUT2D eigenvalue weighted by Gasteiger charge is 2.20. The summed E-state index contributed by atoms with van der Waals surface area (Å²) in [5, 5.41) is 5.65. The Morgan fingerprint density at radius 3 is 2.80 bits per heavy atom. The van der Waals surface area contributed by atoms with Gasteiger partial charge >= 0.3 is 5.97 Å². The van der Waals surface area contributed by atoms with Gasteiger partial charge in [-0.15, -0.1) is 11.3 Å². The summed E-state index contributed by atoms with van der Waals surface area (Å²) < 4.78 is 4.90. The van der Waals surface area contributed by atoms with Gasteiger partial charge < -0.3 is 10.1 Å². The van der Waals surface area contributed by atoms with E-state index in [0.29, 0.717) is 13.0 Å². The van der Waals surface area contributed by atoms with E-state index >= 15 is 0 Å². The van der Waals surface area contributed by atoms with Crippen molar-refractivity contribution < 1.29 is 9.53 Å². The maximum Gasteiger partial charge on any atom is 0.305 e. The van der Waals surface area contributed by atoms with Crippen LogP contribution in [-0.2, 0) is 14.9 Å². The molecule has 0 spiro atoms. The molecule has 1 N–H and O–H groups in total. The van der Waals surface area contributed by atoms with Gasteiger partial charge in [-0.05, 0) is 37.8 Å². The quantitative estimate of drug-likeness (QED) is 0.528. The molecular formula is C16H27NO2S.